The Hall–Kier alpha value is -1.14. The zero-order valence-corrected chi connectivity index (χ0v) is 30.3. The van der Waals surface area contributed by atoms with Gasteiger partial charge in [0.1, 0.15) is 6.61 Å². The first kappa shape index (κ1) is 41.9. The van der Waals surface area contributed by atoms with Crippen molar-refractivity contribution in [3.05, 3.63) is 0 Å². The first-order valence-electron chi connectivity index (χ1n) is 19.9. The molecule has 266 valence electrons. The van der Waals surface area contributed by atoms with E-state index in [0.29, 0.717) is 32.3 Å². The van der Waals surface area contributed by atoms with Crippen LogP contribution in [0.2, 0.25) is 0 Å². The number of hydrogen-bond acceptors (Lipinski definition) is 5. The number of carboxylic acid groups (broad SMARTS) is 1. The van der Waals surface area contributed by atoms with Gasteiger partial charge in [-0.05, 0) is 64.6 Å². The van der Waals surface area contributed by atoms with E-state index in [1.165, 1.54) is 148 Å². The van der Waals surface area contributed by atoms with Crippen molar-refractivity contribution in [1.82, 2.24) is 9.80 Å². The van der Waals surface area contributed by atoms with Crippen LogP contribution in [0.5, 0.6) is 0 Å². The third-order valence-electron chi connectivity index (χ3n) is 10.0. The second kappa shape index (κ2) is 30.2. The van der Waals surface area contributed by atoms with Gasteiger partial charge < -0.3 is 14.7 Å². The van der Waals surface area contributed by atoms with Gasteiger partial charge in [0.05, 0.1) is 11.8 Å². The molecular formula is C39H76N2O4. The topological polar surface area (TPSA) is 70.1 Å². The van der Waals surface area contributed by atoms with Crippen molar-refractivity contribution >= 4 is 11.9 Å². The smallest absolute Gasteiger partial charge is 0.308 e. The number of unbranched alkanes of at least 4 members (excludes halogenated alkanes) is 18. The SMILES string of the molecule is CCCCCCCCCN(CCCCCCCCC)CCN(CCCCCCCCC)CCOC(=O)C1CCC(C(=O)O)CC1. The predicted octanol–water partition coefficient (Wildman–Crippen LogP) is 10.3. The van der Waals surface area contributed by atoms with E-state index >= 15 is 0 Å². The number of carboxylic acids is 1. The summed E-state index contributed by atoms with van der Waals surface area (Å²) < 4.78 is 5.78. The number of carbonyl (C=O) groups is 2. The van der Waals surface area contributed by atoms with Gasteiger partial charge in [0.15, 0.2) is 0 Å². The van der Waals surface area contributed by atoms with Crippen molar-refractivity contribution in [3.8, 4) is 0 Å². The lowest BCUT2D eigenvalue weighted by atomic mass is 9.82. The van der Waals surface area contributed by atoms with Crippen molar-refractivity contribution in [2.24, 2.45) is 11.8 Å². The molecule has 1 aliphatic carbocycles. The fraction of sp³-hybridized carbons (Fsp3) is 0.949. The molecule has 0 atom stereocenters. The highest BCUT2D eigenvalue weighted by Crippen LogP contribution is 2.29. The van der Waals surface area contributed by atoms with Crippen molar-refractivity contribution < 1.29 is 19.4 Å². The van der Waals surface area contributed by atoms with Crippen LogP contribution in [0.4, 0.5) is 0 Å². The van der Waals surface area contributed by atoms with Crippen LogP contribution in [0.25, 0.3) is 0 Å². The van der Waals surface area contributed by atoms with E-state index in [1.807, 2.05) is 0 Å². The van der Waals surface area contributed by atoms with Crippen LogP contribution >= 0.6 is 0 Å². The summed E-state index contributed by atoms with van der Waals surface area (Å²) in [6.45, 7) is 13.8. The molecule has 6 nitrogen and oxygen atoms in total. The minimum Gasteiger partial charge on any atom is -0.481 e. The largest absolute Gasteiger partial charge is 0.481 e. The predicted molar refractivity (Wildman–Crippen MR) is 191 cm³/mol. The summed E-state index contributed by atoms with van der Waals surface area (Å²) in [5.74, 6) is -1.27. The lowest BCUT2D eigenvalue weighted by Gasteiger charge is -2.28. The van der Waals surface area contributed by atoms with Crippen LogP contribution in [0.1, 0.15) is 181 Å². The number of aliphatic carboxylic acids is 1. The zero-order valence-electron chi connectivity index (χ0n) is 30.3. The van der Waals surface area contributed by atoms with Crippen LogP contribution in [-0.4, -0.2) is 72.7 Å². The molecule has 1 fully saturated rings. The van der Waals surface area contributed by atoms with Crippen LogP contribution in [0, 0.1) is 11.8 Å². The van der Waals surface area contributed by atoms with Gasteiger partial charge in [-0.1, -0.05) is 136 Å². The highest BCUT2D eigenvalue weighted by Gasteiger charge is 2.30. The van der Waals surface area contributed by atoms with Gasteiger partial charge in [0, 0.05) is 19.6 Å². The third kappa shape index (κ3) is 23.8. The Bertz CT molecular complexity index is 662. The van der Waals surface area contributed by atoms with Crippen molar-refractivity contribution in [3.63, 3.8) is 0 Å². The fourth-order valence-electron chi connectivity index (χ4n) is 6.80. The highest BCUT2D eigenvalue weighted by molar-refractivity contribution is 5.74. The lowest BCUT2D eigenvalue weighted by molar-refractivity contribution is -0.153. The summed E-state index contributed by atoms with van der Waals surface area (Å²) in [7, 11) is 0. The van der Waals surface area contributed by atoms with E-state index in [4.69, 9.17) is 4.74 Å². The Kier molecular flexibility index (Phi) is 28.1. The normalized spacial score (nSPS) is 16.9. The van der Waals surface area contributed by atoms with Gasteiger partial charge >= 0.3 is 11.9 Å². The summed E-state index contributed by atoms with van der Waals surface area (Å²) >= 11 is 0. The Balaban J connectivity index is 2.57. The second-order valence-electron chi connectivity index (χ2n) is 14.1. The number of ether oxygens (including phenoxy) is 1. The molecule has 0 spiro atoms. The molecule has 0 aromatic heterocycles. The second-order valence-corrected chi connectivity index (χ2v) is 14.1. The Labute approximate surface area is 279 Å². The first-order chi connectivity index (χ1) is 22.0. The number of rotatable bonds is 32. The standard InChI is InChI=1S/C39H76N2O4/c1-4-7-10-13-16-19-22-29-40(30-23-20-17-14-11-8-5-2)32-33-41(31-24-21-18-15-12-9-6-3)34-35-45-39(44)37-27-25-36(26-28-37)38(42)43/h36-37H,4-35H2,1-3H3,(H,42,43). The number of esters is 1. The highest BCUT2D eigenvalue weighted by atomic mass is 16.5. The molecule has 45 heavy (non-hydrogen) atoms. The molecule has 1 aliphatic rings. The Morgan fingerprint density at radius 3 is 1.20 bits per heavy atom. The molecule has 1 N–H and O–H groups in total. The zero-order chi connectivity index (χ0) is 32.8. The monoisotopic (exact) mass is 637 g/mol. The lowest BCUT2D eigenvalue weighted by Crippen LogP contribution is -2.38. The van der Waals surface area contributed by atoms with Crippen LogP contribution < -0.4 is 0 Å². The molecule has 1 rings (SSSR count). The van der Waals surface area contributed by atoms with Crippen molar-refractivity contribution in [1.29, 1.82) is 0 Å². The molecule has 0 aromatic rings. The number of carbonyl (C=O) groups excluding carboxylic acids is 1. The third-order valence-corrected chi connectivity index (χ3v) is 10.0. The quantitative estimate of drug-likeness (QED) is 0.0585. The summed E-state index contributed by atoms with van der Waals surface area (Å²) in [5.41, 5.74) is 0. The van der Waals surface area contributed by atoms with E-state index in [2.05, 4.69) is 30.6 Å². The van der Waals surface area contributed by atoms with Gasteiger partial charge in [0.2, 0.25) is 0 Å². The summed E-state index contributed by atoms with van der Waals surface area (Å²) in [4.78, 5) is 29.3. The summed E-state index contributed by atoms with van der Waals surface area (Å²) in [5, 5.41) is 9.27. The molecule has 6 heteroatoms. The molecule has 0 aliphatic heterocycles. The molecule has 0 bridgehead atoms. The molecule has 0 aromatic carbocycles. The molecule has 0 unspecified atom stereocenters. The van der Waals surface area contributed by atoms with E-state index in [0.717, 1.165) is 26.2 Å². The van der Waals surface area contributed by atoms with Gasteiger partial charge in [-0.25, -0.2) is 0 Å². The van der Waals surface area contributed by atoms with Gasteiger partial charge in [-0.15, -0.1) is 0 Å². The van der Waals surface area contributed by atoms with E-state index in [9.17, 15) is 14.7 Å². The van der Waals surface area contributed by atoms with E-state index in [-0.39, 0.29) is 17.8 Å². The van der Waals surface area contributed by atoms with Gasteiger partial charge in [0.25, 0.3) is 0 Å². The average molecular weight is 637 g/mol. The molecule has 1 saturated carbocycles. The van der Waals surface area contributed by atoms with Crippen molar-refractivity contribution in [2.75, 3.05) is 45.9 Å². The first-order valence-corrected chi connectivity index (χ1v) is 19.9. The van der Waals surface area contributed by atoms with Crippen molar-refractivity contribution in [2.45, 2.75) is 181 Å². The molecular weight excluding hydrogens is 560 g/mol. The van der Waals surface area contributed by atoms with Crippen LogP contribution in [0.15, 0.2) is 0 Å². The van der Waals surface area contributed by atoms with Crippen LogP contribution in [-0.2, 0) is 14.3 Å². The molecule has 0 radical (unpaired) electrons. The average Bonchev–Trinajstić information content (AvgIpc) is 3.05. The van der Waals surface area contributed by atoms with Gasteiger partial charge in [-0.3, -0.25) is 14.5 Å². The maximum absolute atomic E-state index is 12.8. The fourth-order valence-corrected chi connectivity index (χ4v) is 6.80. The van der Waals surface area contributed by atoms with Crippen LogP contribution in [0.3, 0.4) is 0 Å². The summed E-state index contributed by atoms with van der Waals surface area (Å²) in [6.07, 6.45) is 30.6. The Morgan fingerprint density at radius 1 is 0.489 bits per heavy atom. The maximum atomic E-state index is 12.8. The minimum atomic E-state index is -0.726. The summed E-state index contributed by atoms with van der Waals surface area (Å²) in [6, 6.07) is 0. The number of hydrogen-bond donors (Lipinski definition) is 1. The molecule has 0 amide bonds. The number of nitrogens with zero attached hydrogens (tertiary/aromatic N) is 2. The minimum absolute atomic E-state index is 0.116. The van der Waals surface area contributed by atoms with E-state index < -0.39 is 5.97 Å². The van der Waals surface area contributed by atoms with E-state index in [1.54, 1.807) is 0 Å². The molecule has 0 heterocycles. The maximum Gasteiger partial charge on any atom is 0.308 e. The Morgan fingerprint density at radius 2 is 0.822 bits per heavy atom. The molecule has 0 saturated heterocycles. The van der Waals surface area contributed by atoms with Gasteiger partial charge in [-0.2, -0.15) is 0 Å².